The molecule has 0 spiro atoms. The van der Waals surface area contributed by atoms with E-state index in [1.165, 1.54) is 64.2 Å². The molecule has 1 amide bonds. The fraction of sp³-hybridized carbons (Fsp3) is 0.691. The van der Waals surface area contributed by atoms with Gasteiger partial charge < -0.3 is 40.3 Å². The Morgan fingerprint density at radius 2 is 0.984 bits per heavy atom. The van der Waals surface area contributed by atoms with Crippen LogP contribution in [0.5, 0.6) is 0 Å². The van der Waals surface area contributed by atoms with Crippen LogP contribution in [-0.2, 0) is 14.3 Å². The molecule has 0 radical (unpaired) electrons. The van der Waals surface area contributed by atoms with E-state index in [2.05, 4.69) is 104 Å². The molecular weight excluding hydrogens is 803 g/mol. The van der Waals surface area contributed by atoms with Gasteiger partial charge in [-0.15, -0.1) is 0 Å². The highest BCUT2D eigenvalue weighted by atomic mass is 16.7. The number of hydrogen-bond donors (Lipinski definition) is 6. The van der Waals surface area contributed by atoms with E-state index in [0.717, 1.165) is 103 Å². The van der Waals surface area contributed by atoms with Crippen molar-refractivity contribution in [2.45, 2.75) is 230 Å². The number of aliphatic hydroxyl groups is 5. The first-order valence-corrected chi connectivity index (χ1v) is 25.5. The Labute approximate surface area is 390 Å². The minimum Gasteiger partial charge on any atom is -0.394 e. The van der Waals surface area contributed by atoms with Crippen LogP contribution in [0.1, 0.15) is 187 Å². The summed E-state index contributed by atoms with van der Waals surface area (Å²) in [6, 6.07) is -0.845. The van der Waals surface area contributed by atoms with Crippen molar-refractivity contribution in [3.05, 3.63) is 97.2 Å². The Hall–Kier alpha value is -2.89. The zero-order valence-corrected chi connectivity index (χ0v) is 40.2. The summed E-state index contributed by atoms with van der Waals surface area (Å²) in [6.45, 7) is 3.62. The van der Waals surface area contributed by atoms with Crippen molar-refractivity contribution >= 4 is 5.91 Å². The maximum Gasteiger partial charge on any atom is 0.220 e. The molecule has 7 atom stereocenters. The van der Waals surface area contributed by atoms with Crippen LogP contribution >= 0.6 is 0 Å². The van der Waals surface area contributed by atoms with Crippen LogP contribution in [0.25, 0.3) is 0 Å². The number of hydrogen-bond acceptors (Lipinski definition) is 8. The Morgan fingerprint density at radius 3 is 1.50 bits per heavy atom. The molecular formula is C55H93NO8. The molecule has 0 saturated carbocycles. The predicted molar refractivity (Wildman–Crippen MR) is 267 cm³/mol. The van der Waals surface area contributed by atoms with Crippen LogP contribution in [0.3, 0.4) is 0 Å². The molecule has 1 heterocycles. The van der Waals surface area contributed by atoms with E-state index in [0.29, 0.717) is 6.42 Å². The maximum absolute atomic E-state index is 13.0. The largest absolute Gasteiger partial charge is 0.394 e. The van der Waals surface area contributed by atoms with Gasteiger partial charge in [0.1, 0.15) is 24.4 Å². The number of unbranched alkanes of at least 4 members (excludes halogenated alkanes) is 17. The number of nitrogens with one attached hydrogen (secondary N) is 1. The SMILES string of the molecule is CC/C=C\C/C=C\C/C=C\C/C=C\C/C=C\CCCCCCCC(=O)NC(COC1OC(CO)C(O)C(O)C1O)C(O)/C=C/CC/C=C/CC/C=C/CCCCCCCCCCCC. The first kappa shape index (κ1) is 59.1. The molecule has 0 bridgehead atoms. The van der Waals surface area contributed by atoms with Gasteiger partial charge in [0.05, 0.1) is 25.4 Å². The first-order valence-electron chi connectivity index (χ1n) is 25.5. The quantitative estimate of drug-likeness (QED) is 0.0262. The molecule has 9 nitrogen and oxygen atoms in total. The summed E-state index contributed by atoms with van der Waals surface area (Å²) in [6.07, 6.45) is 55.9. The standard InChI is InChI=1S/C55H93NO8/c1-3-5-7-9-11-13-15-17-19-21-23-25-27-29-31-33-35-37-39-41-43-45-51(59)56-48(47-63-55-54(62)53(61)52(60)50(46-57)64-55)49(58)44-42-40-38-36-34-32-30-28-26-24-22-20-18-16-14-12-10-8-6-4-2/h5,7,11,13,17,19,23,25-26,28-29,31,34,36,42,44,48-50,52-55,57-58,60-62H,3-4,6,8-10,12,14-16,18,20-22,24,27,30,32-33,35,37-41,43,45-47H2,1-2H3,(H,56,59)/b7-5-,13-11-,19-17-,25-23-,28-26+,31-29-,36-34+,44-42+. The normalized spacial score (nSPS) is 20.9. The fourth-order valence-corrected chi connectivity index (χ4v) is 7.33. The Morgan fingerprint density at radius 1 is 0.547 bits per heavy atom. The van der Waals surface area contributed by atoms with Crippen LogP contribution in [0.2, 0.25) is 0 Å². The van der Waals surface area contributed by atoms with E-state index in [4.69, 9.17) is 9.47 Å². The maximum atomic E-state index is 13.0. The average Bonchev–Trinajstić information content (AvgIpc) is 3.29. The van der Waals surface area contributed by atoms with E-state index >= 15 is 0 Å². The van der Waals surface area contributed by atoms with E-state index in [9.17, 15) is 30.3 Å². The zero-order valence-electron chi connectivity index (χ0n) is 40.2. The number of carbonyl (C=O) groups excluding carboxylic acids is 1. The summed E-state index contributed by atoms with van der Waals surface area (Å²) in [5.41, 5.74) is 0. The van der Waals surface area contributed by atoms with Crippen LogP contribution < -0.4 is 5.32 Å². The van der Waals surface area contributed by atoms with E-state index in [-0.39, 0.29) is 12.5 Å². The lowest BCUT2D eigenvalue weighted by Crippen LogP contribution is -2.60. The summed E-state index contributed by atoms with van der Waals surface area (Å²) in [4.78, 5) is 13.0. The predicted octanol–water partition coefficient (Wildman–Crippen LogP) is 11.7. The molecule has 0 aromatic carbocycles. The van der Waals surface area contributed by atoms with Gasteiger partial charge in [0, 0.05) is 6.42 Å². The van der Waals surface area contributed by atoms with Crippen LogP contribution in [0.4, 0.5) is 0 Å². The van der Waals surface area contributed by atoms with E-state index < -0.39 is 49.5 Å². The molecule has 1 saturated heterocycles. The lowest BCUT2D eigenvalue weighted by atomic mass is 9.99. The van der Waals surface area contributed by atoms with Gasteiger partial charge in [0.25, 0.3) is 0 Å². The van der Waals surface area contributed by atoms with Crippen LogP contribution in [0, 0.1) is 0 Å². The molecule has 7 unspecified atom stereocenters. The molecule has 366 valence electrons. The molecule has 0 aliphatic carbocycles. The molecule has 0 aromatic heterocycles. The van der Waals surface area contributed by atoms with Gasteiger partial charge in [-0.25, -0.2) is 0 Å². The number of amides is 1. The van der Waals surface area contributed by atoms with Gasteiger partial charge >= 0.3 is 0 Å². The van der Waals surface area contributed by atoms with Gasteiger partial charge in [0.2, 0.25) is 5.91 Å². The van der Waals surface area contributed by atoms with Crippen molar-refractivity contribution in [3.63, 3.8) is 0 Å². The summed E-state index contributed by atoms with van der Waals surface area (Å²) in [7, 11) is 0. The summed E-state index contributed by atoms with van der Waals surface area (Å²) >= 11 is 0. The minimum atomic E-state index is -1.58. The van der Waals surface area contributed by atoms with Gasteiger partial charge in [-0.05, 0) is 89.9 Å². The van der Waals surface area contributed by atoms with Crippen molar-refractivity contribution in [2.24, 2.45) is 0 Å². The Kier molecular flexibility index (Phi) is 40.6. The Balaban J connectivity index is 2.38. The summed E-state index contributed by atoms with van der Waals surface area (Å²) in [5.74, 6) is -0.214. The number of allylic oxidation sites excluding steroid dienone is 15. The summed E-state index contributed by atoms with van der Waals surface area (Å²) in [5, 5.41) is 54.3. The average molecular weight is 896 g/mol. The van der Waals surface area contributed by atoms with Gasteiger partial charge in [-0.2, -0.15) is 0 Å². The van der Waals surface area contributed by atoms with Crippen LogP contribution in [-0.4, -0.2) is 87.5 Å². The monoisotopic (exact) mass is 896 g/mol. The molecule has 0 aromatic rings. The number of ether oxygens (including phenoxy) is 2. The lowest BCUT2D eigenvalue weighted by Gasteiger charge is -2.40. The molecule has 64 heavy (non-hydrogen) atoms. The second kappa shape index (κ2) is 44.0. The number of aliphatic hydroxyl groups excluding tert-OH is 5. The molecule has 1 rings (SSSR count). The van der Waals surface area contributed by atoms with Crippen molar-refractivity contribution in [3.8, 4) is 0 Å². The Bertz CT molecular complexity index is 1320. The first-order chi connectivity index (χ1) is 31.3. The fourth-order valence-electron chi connectivity index (χ4n) is 7.33. The highest BCUT2D eigenvalue weighted by Gasteiger charge is 2.44. The third-order valence-electron chi connectivity index (χ3n) is 11.4. The second-order valence-electron chi connectivity index (χ2n) is 17.2. The van der Waals surface area contributed by atoms with E-state index in [1.807, 2.05) is 6.08 Å². The van der Waals surface area contributed by atoms with Crippen LogP contribution in [0.15, 0.2) is 97.2 Å². The molecule has 1 fully saturated rings. The topological polar surface area (TPSA) is 149 Å². The van der Waals surface area contributed by atoms with Gasteiger partial charge in [0.15, 0.2) is 6.29 Å². The second-order valence-corrected chi connectivity index (χ2v) is 17.2. The van der Waals surface area contributed by atoms with E-state index in [1.54, 1.807) is 6.08 Å². The number of carbonyl (C=O) groups is 1. The highest BCUT2D eigenvalue weighted by Crippen LogP contribution is 2.22. The van der Waals surface area contributed by atoms with Crippen molar-refractivity contribution in [1.82, 2.24) is 5.32 Å². The van der Waals surface area contributed by atoms with Crippen molar-refractivity contribution in [1.29, 1.82) is 0 Å². The lowest BCUT2D eigenvalue weighted by molar-refractivity contribution is -0.302. The van der Waals surface area contributed by atoms with Gasteiger partial charge in [-0.1, -0.05) is 188 Å². The van der Waals surface area contributed by atoms with Gasteiger partial charge in [-0.3, -0.25) is 4.79 Å². The minimum absolute atomic E-state index is 0.214. The summed E-state index contributed by atoms with van der Waals surface area (Å²) < 4.78 is 11.2. The molecule has 1 aliphatic rings. The smallest absolute Gasteiger partial charge is 0.220 e. The third-order valence-corrected chi connectivity index (χ3v) is 11.4. The highest BCUT2D eigenvalue weighted by molar-refractivity contribution is 5.76. The zero-order chi connectivity index (χ0) is 46.6. The molecule has 6 N–H and O–H groups in total. The molecule has 9 heteroatoms. The molecule has 1 aliphatic heterocycles. The number of rotatable bonds is 41. The third kappa shape index (κ3) is 33.6. The van der Waals surface area contributed by atoms with Crippen molar-refractivity contribution in [2.75, 3.05) is 13.2 Å². The van der Waals surface area contributed by atoms with Crippen molar-refractivity contribution < 1.29 is 39.8 Å².